The van der Waals surface area contributed by atoms with Gasteiger partial charge in [0.2, 0.25) is 15.9 Å². The number of nitrogens with zero attached hydrogens (tertiary/aromatic N) is 1. The molecule has 134 valence electrons. The number of likely N-dealkylation sites (N-methyl/N-ethyl adjacent to an activating group) is 1. The van der Waals surface area contributed by atoms with E-state index in [9.17, 15) is 13.2 Å². The van der Waals surface area contributed by atoms with E-state index in [-0.39, 0.29) is 17.3 Å². The zero-order chi connectivity index (χ0) is 18.3. The van der Waals surface area contributed by atoms with Gasteiger partial charge in [-0.25, -0.2) is 8.42 Å². The third-order valence-electron chi connectivity index (χ3n) is 3.64. The lowest BCUT2D eigenvalue weighted by atomic mass is 10.1. The van der Waals surface area contributed by atoms with Crippen molar-refractivity contribution in [2.24, 2.45) is 0 Å². The van der Waals surface area contributed by atoms with Crippen molar-refractivity contribution in [2.75, 3.05) is 20.7 Å². The van der Waals surface area contributed by atoms with Crippen LogP contribution in [0.5, 0.6) is 0 Å². The number of carbonyl (C=O) groups is 1. The highest BCUT2D eigenvalue weighted by atomic mass is 32.2. The van der Waals surface area contributed by atoms with Crippen LogP contribution in [0, 0.1) is 0 Å². The molecule has 0 saturated heterocycles. The molecule has 1 N–H and O–H groups in total. The van der Waals surface area contributed by atoms with Crippen LogP contribution in [0.3, 0.4) is 0 Å². The summed E-state index contributed by atoms with van der Waals surface area (Å²) in [4.78, 5) is 12.2. The Morgan fingerprint density at radius 1 is 1.04 bits per heavy atom. The SMILES string of the molecule is COCc1ccc(CNC(=O)CN(C)S(=O)(=O)c2ccccc2)cc1. The van der Waals surface area contributed by atoms with Gasteiger partial charge < -0.3 is 10.1 Å². The number of benzene rings is 2. The lowest BCUT2D eigenvalue weighted by Gasteiger charge is -2.17. The second-order valence-electron chi connectivity index (χ2n) is 5.60. The molecular formula is C18H22N2O4S. The highest BCUT2D eigenvalue weighted by molar-refractivity contribution is 7.89. The van der Waals surface area contributed by atoms with Gasteiger partial charge in [-0.2, -0.15) is 4.31 Å². The number of rotatable bonds is 8. The quantitative estimate of drug-likeness (QED) is 0.777. The molecule has 6 nitrogen and oxygen atoms in total. The molecule has 0 bridgehead atoms. The van der Waals surface area contributed by atoms with Crippen LogP contribution in [0.4, 0.5) is 0 Å². The van der Waals surface area contributed by atoms with E-state index < -0.39 is 10.0 Å². The van der Waals surface area contributed by atoms with E-state index in [1.807, 2.05) is 24.3 Å². The fraction of sp³-hybridized carbons (Fsp3) is 0.278. The molecule has 0 spiro atoms. The van der Waals surface area contributed by atoms with E-state index in [1.165, 1.54) is 19.2 Å². The Labute approximate surface area is 148 Å². The average molecular weight is 362 g/mol. The number of methoxy groups -OCH3 is 1. The minimum atomic E-state index is -3.67. The Morgan fingerprint density at radius 3 is 2.24 bits per heavy atom. The van der Waals surface area contributed by atoms with Gasteiger partial charge in [-0.15, -0.1) is 0 Å². The molecule has 0 radical (unpaired) electrons. The standard InChI is InChI=1S/C18H22N2O4S/c1-20(25(22,23)17-6-4-3-5-7-17)13-18(21)19-12-15-8-10-16(11-9-15)14-24-2/h3-11H,12-14H2,1-2H3,(H,19,21). The van der Waals surface area contributed by atoms with Crippen LogP contribution in [0.1, 0.15) is 11.1 Å². The number of hydrogen-bond acceptors (Lipinski definition) is 4. The van der Waals surface area contributed by atoms with Gasteiger partial charge in [0.25, 0.3) is 0 Å². The van der Waals surface area contributed by atoms with Crippen LogP contribution in [-0.4, -0.2) is 39.3 Å². The maximum atomic E-state index is 12.4. The summed E-state index contributed by atoms with van der Waals surface area (Å²) in [5.74, 6) is -0.358. The Balaban J connectivity index is 1.89. The Kier molecular flexibility index (Phi) is 6.69. The Morgan fingerprint density at radius 2 is 1.64 bits per heavy atom. The van der Waals surface area contributed by atoms with Crippen molar-refractivity contribution in [1.29, 1.82) is 0 Å². The van der Waals surface area contributed by atoms with Crippen molar-refractivity contribution < 1.29 is 17.9 Å². The molecule has 0 unspecified atom stereocenters. The number of ether oxygens (including phenoxy) is 1. The molecule has 7 heteroatoms. The minimum Gasteiger partial charge on any atom is -0.380 e. The minimum absolute atomic E-state index is 0.166. The summed E-state index contributed by atoms with van der Waals surface area (Å²) in [7, 11) is -0.647. The van der Waals surface area contributed by atoms with E-state index in [0.29, 0.717) is 13.2 Å². The van der Waals surface area contributed by atoms with Gasteiger partial charge in [-0.3, -0.25) is 4.79 Å². The summed E-state index contributed by atoms with van der Waals surface area (Å²) in [6.07, 6.45) is 0. The number of hydrogen-bond donors (Lipinski definition) is 1. The largest absolute Gasteiger partial charge is 0.380 e. The van der Waals surface area contributed by atoms with Gasteiger partial charge in [0.1, 0.15) is 0 Å². The summed E-state index contributed by atoms with van der Waals surface area (Å²) < 4.78 is 30.8. The van der Waals surface area contributed by atoms with Gasteiger partial charge in [0.05, 0.1) is 18.0 Å². The van der Waals surface area contributed by atoms with Crippen molar-refractivity contribution in [3.8, 4) is 0 Å². The average Bonchev–Trinajstić information content (AvgIpc) is 2.62. The second kappa shape index (κ2) is 8.75. The highest BCUT2D eigenvalue weighted by Crippen LogP contribution is 2.13. The molecule has 0 aromatic heterocycles. The monoisotopic (exact) mass is 362 g/mol. The molecule has 2 aromatic carbocycles. The first-order chi connectivity index (χ1) is 11.9. The van der Waals surface area contributed by atoms with Crippen molar-refractivity contribution in [1.82, 2.24) is 9.62 Å². The number of sulfonamides is 1. The first-order valence-corrected chi connectivity index (χ1v) is 9.22. The van der Waals surface area contributed by atoms with Gasteiger partial charge in [-0.1, -0.05) is 42.5 Å². The fourth-order valence-electron chi connectivity index (χ4n) is 2.24. The van der Waals surface area contributed by atoms with Crippen molar-refractivity contribution in [2.45, 2.75) is 18.0 Å². The topological polar surface area (TPSA) is 75.7 Å². The number of amides is 1. The first-order valence-electron chi connectivity index (χ1n) is 7.78. The summed E-state index contributed by atoms with van der Waals surface area (Å²) in [6.45, 7) is 0.638. The molecule has 2 rings (SSSR count). The van der Waals surface area contributed by atoms with Crippen molar-refractivity contribution in [3.63, 3.8) is 0 Å². The fourth-order valence-corrected chi connectivity index (χ4v) is 3.38. The molecule has 0 heterocycles. The van der Waals surface area contributed by atoms with Crippen LogP contribution in [0.25, 0.3) is 0 Å². The lowest BCUT2D eigenvalue weighted by molar-refractivity contribution is -0.121. The molecule has 25 heavy (non-hydrogen) atoms. The van der Waals surface area contributed by atoms with Gasteiger partial charge in [-0.05, 0) is 23.3 Å². The predicted molar refractivity (Wildman–Crippen MR) is 95.3 cm³/mol. The van der Waals surface area contributed by atoms with Gasteiger partial charge in [0, 0.05) is 20.7 Å². The smallest absolute Gasteiger partial charge is 0.243 e. The third-order valence-corrected chi connectivity index (χ3v) is 5.46. The van der Waals surface area contributed by atoms with E-state index in [4.69, 9.17) is 4.74 Å². The maximum Gasteiger partial charge on any atom is 0.243 e. The summed E-state index contributed by atoms with van der Waals surface area (Å²) in [6, 6.07) is 15.7. The molecule has 0 fully saturated rings. The van der Waals surface area contributed by atoms with E-state index in [2.05, 4.69) is 5.32 Å². The molecule has 0 atom stereocenters. The van der Waals surface area contributed by atoms with Crippen molar-refractivity contribution in [3.05, 3.63) is 65.7 Å². The Hall–Kier alpha value is -2.22. The molecule has 0 aliphatic heterocycles. The van der Waals surface area contributed by atoms with Gasteiger partial charge >= 0.3 is 0 Å². The van der Waals surface area contributed by atoms with Crippen LogP contribution in [0.15, 0.2) is 59.5 Å². The highest BCUT2D eigenvalue weighted by Gasteiger charge is 2.22. The van der Waals surface area contributed by atoms with Crippen LogP contribution in [-0.2, 0) is 32.7 Å². The molecule has 1 amide bonds. The number of nitrogens with one attached hydrogen (secondary N) is 1. The summed E-state index contributed by atoms with van der Waals surface area (Å²) in [5.41, 5.74) is 1.98. The van der Waals surface area contributed by atoms with E-state index in [0.717, 1.165) is 15.4 Å². The first kappa shape index (κ1) is 19.1. The summed E-state index contributed by atoms with van der Waals surface area (Å²) in [5, 5.41) is 2.73. The summed E-state index contributed by atoms with van der Waals surface area (Å²) >= 11 is 0. The number of carbonyl (C=O) groups excluding carboxylic acids is 1. The lowest BCUT2D eigenvalue weighted by Crippen LogP contribution is -2.38. The van der Waals surface area contributed by atoms with E-state index >= 15 is 0 Å². The third kappa shape index (κ3) is 5.38. The molecule has 0 aliphatic carbocycles. The molecule has 0 saturated carbocycles. The maximum absolute atomic E-state index is 12.4. The normalized spacial score (nSPS) is 11.5. The molecule has 2 aromatic rings. The van der Waals surface area contributed by atoms with Crippen LogP contribution >= 0.6 is 0 Å². The Bertz CT molecular complexity index is 790. The molecule has 0 aliphatic rings. The predicted octanol–water partition coefficient (Wildman–Crippen LogP) is 1.77. The second-order valence-corrected chi connectivity index (χ2v) is 7.65. The van der Waals surface area contributed by atoms with Crippen LogP contribution < -0.4 is 5.32 Å². The van der Waals surface area contributed by atoms with Crippen molar-refractivity contribution >= 4 is 15.9 Å². The van der Waals surface area contributed by atoms with Crippen LogP contribution in [0.2, 0.25) is 0 Å². The zero-order valence-electron chi connectivity index (χ0n) is 14.3. The van der Waals surface area contributed by atoms with E-state index in [1.54, 1.807) is 25.3 Å². The molecular weight excluding hydrogens is 340 g/mol. The zero-order valence-corrected chi connectivity index (χ0v) is 15.1. The van der Waals surface area contributed by atoms with Gasteiger partial charge in [0.15, 0.2) is 0 Å².